The molecule has 0 aromatic carbocycles. The van der Waals surface area contributed by atoms with Gasteiger partial charge in [-0.05, 0) is 62.7 Å². The van der Waals surface area contributed by atoms with Crippen molar-refractivity contribution in [3.05, 3.63) is 12.2 Å². The monoisotopic (exact) mass is 376 g/mol. The zero-order chi connectivity index (χ0) is 19.9. The van der Waals surface area contributed by atoms with Gasteiger partial charge in [-0.15, -0.1) is 6.58 Å². The molecule has 27 heavy (non-hydrogen) atoms. The minimum absolute atomic E-state index is 0.958. The van der Waals surface area contributed by atoms with Gasteiger partial charge in [0.1, 0.15) is 0 Å². The molecule has 1 rings (SSSR count). The van der Waals surface area contributed by atoms with E-state index in [-0.39, 0.29) is 0 Å². The predicted octanol–water partition coefficient (Wildman–Crippen LogP) is 9.73. The molecule has 0 saturated heterocycles. The Hall–Kier alpha value is -0.260. The van der Waals surface area contributed by atoms with Crippen molar-refractivity contribution in [3.63, 3.8) is 0 Å². The summed E-state index contributed by atoms with van der Waals surface area (Å²) in [6.45, 7) is 13.6. The molecule has 0 spiro atoms. The van der Waals surface area contributed by atoms with Crippen LogP contribution in [-0.4, -0.2) is 0 Å². The molecule has 0 aromatic heterocycles. The van der Waals surface area contributed by atoms with Crippen molar-refractivity contribution < 1.29 is 0 Å². The molecule has 0 radical (unpaired) electrons. The molecule has 0 aliphatic heterocycles. The second-order valence-corrected chi connectivity index (χ2v) is 10.1. The van der Waals surface area contributed by atoms with Crippen LogP contribution in [0.4, 0.5) is 0 Å². The summed E-state index contributed by atoms with van der Waals surface area (Å²) < 4.78 is 0. The molecule has 0 N–H and O–H groups in total. The molecule has 1 fully saturated rings. The molecule has 4 atom stereocenters. The molecule has 0 aromatic rings. The zero-order valence-corrected chi connectivity index (χ0v) is 19.5. The highest BCUT2D eigenvalue weighted by Gasteiger charge is 2.31. The molecule has 1 aliphatic rings. The first-order valence-electron chi connectivity index (χ1n) is 12.7. The van der Waals surface area contributed by atoms with Crippen molar-refractivity contribution in [2.24, 2.45) is 23.7 Å². The maximum absolute atomic E-state index is 4.00. The van der Waals surface area contributed by atoms with E-state index in [9.17, 15) is 0 Å². The number of unbranched alkanes of at least 4 members (excludes halogenated alkanes) is 9. The summed E-state index contributed by atoms with van der Waals surface area (Å²) >= 11 is 0. The average Bonchev–Trinajstić information content (AvgIpc) is 3.06. The quantitative estimate of drug-likeness (QED) is 0.175. The van der Waals surface area contributed by atoms with Crippen LogP contribution in [0.5, 0.6) is 0 Å². The third-order valence-electron chi connectivity index (χ3n) is 7.23. The fourth-order valence-electron chi connectivity index (χ4n) is 5.42. The molecule has 1 aliphatic carbocycles. The Balaban J connectivity index is 2.12. The second-order valence-electron chi connectivity index (χ2n) is 10.1. The predicted molar refractivity (Wildman–Crippen MR) is 124 cm³/mol. The standard InChI is InChI=1S/C27H52/c1-6-7-14-19-27(26-21-20-24(4)22-26)25(5)18-16-13-11-9-8-10-12-15-17-23(2)3/h24-27H,2,6-22H2,1,3-5H3. The van der Waals surface area contributed by atoms with E-state index in [1.54, 1.807) is 0 Å². The van der Waals surface area contributed by atoms with Crippen LogP contribution in [0.1, 0.15) is 137 Å². The fourth-order valence-corrected chi connectivity index (χ4v) is 5.42. The first kappa shape index (κ1) is 24.8. The Kier molecular flexibility index (Phi) is 14.4. The Morgan fingerprint density at radius 3 is 2.00 bits per heavy atom. The van der Waals surface area contributed by atoms with E-state index in [1.807, 2.05) is 0 Å². The first-order chi connectivity index (χ1) is 13.0. The van der Waals surface area contributed by atoms with Crippen LogP contribution in [0.25, 0.3) is 0 Å². The topological polar surface area (TPSA) is 0 Å². The highest BCUT2D eigenvalue weighted by atomic mass is 14.4. The van der Waals surface area contributed by atoms with Crippen LogP contribution in [0.2, 0.25) is 0 Å². The van der Waals surface area contributed by atoms with Crippen LogP contribution < -0.4 is 0 Å². The minimum atomic E-state index is 0.958. The van der Waals surface area contributed by atoms with Gasteiger partial charge in [-0.1, -0.05) is 103 Å². The van der Waals surface area contributed by atoms with Gasteiger partial charge in [0.25, 0.3) is 0 Å². The van der Waals surface area contributed by atoms with Crippen molar-refractivity contribution in [3.8, 4) is 0 Å². The molecule has 160 valence electrons. The maximum atomic E-state index is 4.00. The van der Waals surface area contributed by atoms with Crippen LogP contribution in [0, 0.1) is 23.7 Å². The number of rotatable bonds is 17. The lowest BCUT2D eigenvalue weighted by Gasteiger charge is -2.30. The minimum Gasteiger partial charge on any atom is -0.100 e. The largest absolute Gasteiger partial charge is 0.100 e. The first-order valence-corrected chi connectivity index (χ1v) is 12.7. The third-order valence-corrected chi connectivity index (χ3v) is 7.23. The summed E-state index contributed by atoms with van der Waals surface area (Å²) in [4.78, 5) is 0. The van der Waals surface area contributed by atoms with Gasteiger partial charge in [-0.2, -0.15) is 0 Å². The Morgan fingerprint density at radius 1 is 0.852 bits per heavy atom. The summed E-state index contributed by atoms with van der Waals surface area (Å²) in [6.07, 6.45) is 24.6. The van der Waals surface area contributed by atoms with Crippen LogP contribution in [0.15, 0.2) is 12.2 Å². The smallest absolute Gasteiger partial charge is 0.0326 e. The normalized spacial score (nSPS) is 22.1. The van der Waals surface area contributed by atoms with E-state index < -0.39 is 0 Å². The Morgan fingerprint density at radius 2 is 1.44 bits per heavy atom. The van der Waals surface area contributed by atoms with Gasteiger partial charge in [0, 0.05) is 0 Å². The van der Waals surface area contributed by atoms with Gasteiger partial charge < -0.3 is 0 Å². The van der Waals surface area contributed by atoms with E-state index in [0.29, 0.717) is 0 Å². The summed E-state index contributed by atoms with van der Waals surface area (Å²) in [6, 6.07) is 0. The van der Waals surface area contributed by atoms with Crippen molar-refractivity contribution in [1.82, 2.24) is 0 Å². The van der Waals surface area contributed by atoms with Crippen LogP contribution in [0.3, 0.4) is 0 Å². The number of allylic oxidation sites excluding steroid dienone is 1. The molecule has 0 heteroatoms. The van der Waals surface area contributed by atoms with Gasteiger partial charge in [0.2, 0.25) is 0 Å². The van der Waals surface area contributed by atoms with Gasteiger partial charge in [-0.3, -0.25) is 0 Å². The molecule has 0 nitrogen and oxygen atoms in total. The number of hydrogen-bond acceptors (Lipinski definition) is 0. The van der Waals surface area contributed by atoms with E-state index in [0.717, 1.165) is 23.7 Å². The molecular weight excluding hydrogens is 324 g/mol. The van der Waals surface area contributed by atoms with E-state index in [4.69, 9.17) is 0 Å². The molecule has 1 saturated carbocycles. The van der Waals surface area contributed by atoms with Gasteiger partial charge in [-0.25, -0.2) is 0 Å². The van der Waals surface area contributed by atoms with E-state index in [2.05, 4.69) is 34.3 Å². The molecule has 4 unspecified atom stereocenters. The third kappa shape index (κ3) is 12.0. The van der Waals surface area contributed by atoms with Crippen LogP contribution >= 0.6 is 0 Å². The average molecular weight is 377 g/mol. The highest BCUT2D eigenvalue weighted by Crippen LogP contribution is 2.42. The van der Waals surface area contributed by atoms with Gasteiger partial charge in [0.05, 0.1) is 0 Å². The van der Waals surface area contributed by atoms with Gasteiger partial charge in [0.15, 0.2) is 0 Å². The molecule has 0 amide bonds. The van der Waals surface area contributed by atoms with Crippen molar-refractivity contribution in [1.29, 1.82) is 0 Å². The van der Waals surface area contributed by atoms with Crippen molar-refractivity contribution in [2.45, 2.75) is 137 Å². The van der Waals surface area contributed by atoms with Crippen molar-refractivity contribution >= 4 is 0 Å². The fraction of sp³-hybridized carbons (Fsp3) is 0.926. The zero-order valence-electron chi connectivity index (χ0n) is 19.5. The SMILES string of the molecule is C=C(C)CCCCCCCCCCC(C)C(CCCCC)C1CCC(C)C1. The van der Waals surface area contributed by atoms with Gasteiger partial charge >= 0.3 is 0 Å². The van der Waals surface area contributed by atoms with E-state index >= 15 is 0 Å². The lowest BCUT2D eigenvalue weighted by atomic mass is 9.76. The molecular formula is C27H52. The highest BCUT2D eigenvalue weighted by molar-refractivity contribution is 4.87. The summed E-state index contributed by atoms with van der Waals surface area (Å²) in [5.41, 5.74) is 1.35. The number of hydrogen-bond donors (Lipinski definition) is 0. The Bertz CT molecular complexity index is 355. The lowest BCUT2D eigenvalue weighted by molar-refractivity contribution is 0.204. The Labute approximate surface area is 173 Å². The summed E-state index contributed by atoms with van der Waals surface area (Å²) in [5, 5.41) is 0. The van der Waals surface area contributed by atoms with Crippen molar-refractivity contribution in [2.75, 3.05) is 0 Å². The van der Waals surface area contributed by atoms with Crippen LogP contribution in [-0.2, 0) is 0 Å². The maximum Gasteiger partial charge on any atom is -0.0326 e. The van der Waals surface area contributed by atoms with E-state index in [1.165, 1.54) is 115 Å². The summed E-state index contributed by atoms with van der Waals surface area (Å²) in [5.74, 6) is 4.02. The lowest BCUT2D eigenvalue weighted by Crippen LogP contribution is -2.20. The molecule has 0 heterocycles. The second kappa shape index (κ2) is 15.6. The summed E-state index contributed by atoms with van der Waals surface area (Å²) in [7, 11) is 0. The molecule has 0 bridgehead atoms.